The Balaban J connectivity index is 2.13. The Labute approximate surface area is 96.4 Å². The number of hydrogen-bond acceptors (Lipinski definition) is 2. The molecule has 1 aromatic rings. The van der Waals surface area contributed by atoms with Crippen LogP contribution in [0, 0.1) is 6.92 Å². The Kier molecular flexibility index (Phi) is 3.32. The topological polar surface area (TPSA) is 33.5 Å². The molecule has 1 aromatic heterocycles. The van der Waals surface area contributed by atoms with Crippen molar-refractivity contribution >= 4 is 5.91 Å². The van der Waals surface area contributed by atoms with Crippen LogP contribution < -0.4 is 0 Å². The van der Waals surface area contributed by atoms with Gasteiger partial charge in [0.2, 0.25) is 0 Å². The number of aryl methyl sites for hydroxylation is 1. The van der Waals surface area contributed by atoms with Crippen molar-refractivity contribution < 1.29 is 9.21 Å². The summed E-state index contributed by atoms with van der Waals surface area (Å²) in [5.74, 6) is 1.34. The minimum Gasteiger partial charge on any atom is -0.456 e. The molecule has 0 spiro atoms. The predicted molar refractivity (Wildman–Crippen MR) is 62.4 cm³/mol. The molecular formula is C13H19NO2. The van der Waals surface area contributed by atoms with Crippen molar-refractivity contribution in [3.8, 4) is 0 Å². The second-order valence-corrected chi connectivity index (χ2v) is 4.47. The predicted octanol–water partition coefficient (Wildman–Crippen LogP) is 2.99. The van der Waals surface area contributed by atoms with Crippen molar-refractivity contribution in [2.24, 2.45) is 0 Å². The first-order chi connectivity index (χ1) is 7.72. The molecule has 3 nitrogen and oxygen atoms in total. The first kappa shape index (κ1) is 11.2. The van der Waals surface area contributed by atoms with Crippen molar-refractivity contribution in [3.05, 3.63) is 23.7 Å². The minimum atomic E-state index is 0.0552. The van der Waals surface area contributed by atoms with Crippen molar-refractivity contribution in [3.63, 3.8) is 0 Å². The van der Waals surface area contributed by atoms with Gasteiger partial charge in [-0.15, -0.1) is 0 Å². The van der Waals surface area contributed by atoms with Crippen LogP contribution in [0.15, 0.2) is 16.5 Å². The third-order valence-corrected chi connectivity index (χ3v) is 3.31. The lowest BCUT2D eigenvalue weighted by molar-refractivity contribution is 0.0574. The second kappa shape index (κ2) is 4.73. The molecule has 0 N–H and O–H groups in total. The van der Waals surface area contributed by atoms with Crippen LogP contribution >= 0.6 is 0 Å². The number of carbonyl (C=O) groups excluding carboxylic acids is 1. The van der Waals surface area contributed by atoms with Crippen LogP contribution in [-0.2, 0) is 0 Å². The van der Waals surface area contributed by atoms with Crippen LogP contribution in [0.4, 0.5) is 0 Å². The summed E-state index contributed by atoms with van der Waals surface area (Å²) >= 11 is 0. The van der Waals surface area contributed by atoms with E-state index in [1.807, 2.05) is 17.9 Å². The molecule has 0 bridgehead atoms. The molecular weight excluding hydrogens is 202 g/mol. The molecule has 0 aromatic carbocycles. The van der Waals surface area contributed by atoms with E-state index < -0.39 is 0 Å². The SMILES string of the molecule is CC[C@H]1CCCCN1C(=O)c1ccc(C)o1. The third-order valence-electron chi connectivity index (χ3n) is 3.31. The standard InChI is InChI=1S/C13H19NO2/c1-3-11-6-4-5-9-14(11)13(15)12-8-7-10(2)16-12/h7-8,11H,3-6,9H2,1-2H3/t11-/m0/s1. The number of carbonyl (C=O) groups is 1. The van der Waals surface area contributed by atoms with Crippen LogP contribution in [-0.4, -0.2) is 23.4 Å². The lowest BCUT2D eigenvalue weighted by Crippen LogP contribution is -2.43. The summed E-state index contributed by atoms with van der Waals surface area (Å²) in [6.07, 6.45) is 4.51. The quantitative estimate of drug-likeness (QED) is 0.769. The maximum absolute atomic E-state index is 12.2. The molecule has 16 heavy (non-hydrogen) atoms. The molecule has 0 radical (unpaired) electrons. The van der Waals surface area contributed by atoms with E-state index in [0.717, 1.165) is 31.6 Å². The molecule has 1 amide bonds. The fourth-order valence-corrected chi connectivity index (χ4v) is 2.38. The molecule has 2 heterocycles. The van der Waals surface area contributed by atoms with E-state index in [9.17, 15) is 4.79 Å². The van der Waals surface area contributed by atoms with E-state index in [1.165, 1.54) is 6.42 Å². The van der Waals surface area contributed by atoms with E-state index in [4.69, 9.17) is 4.42 Å². The number of amides is 1. The fraction of sp³-hybridized carbons (Fsp3) is 0.615. The van der Waals surface area contributed by atoms with Gasteiger partial charge < -0.3 is 9.32 Å². The number of hydrogen-bond donors (Lipinski definition) is 0. The first-order valence-corrected chi connectivity index (χ1v) is 6.09. The Bertz CT molecular complexity index is 370. The molecule has 0 aliphatic carbocycles. The van der Waals surface area contributed by atoms with E-state index in [2.05, 4.69) is 6.92 Å². The highest BCUT2D eigenvalue weighted by Crippen LogP contribution is 2.22. The van der Waals surface area contributed by atoms with E-state index in [-0.39, 0.29) is 5.91 Å². The van der Waals surface area contributed by atoms with Gasteiger partial charge in [0.15, 0.2) is 5.76 Å². The van der Waals surface area contributed by atoms with Crippen molar-refractivity contribution in [2.75, 3.05) is 6.54 Å². The highest BCUT2D eigenvalue weighted by molar-refractivity contribution is 5.91. The molecule has 1 fully saturated rings. The average molecular weight is 221 g/mol. The Hall–Kier alpha value is -1.25. The smallest absolute Gasteiger partial charge is 0.289 e. The van der Waals surface area contributed by atoms with Gasteiger partial charge in [-0.25, -0.2) is 0 Å². The number of nitrogens with zero attached hydrogens (tertiary/aromatic N) is 1. The normalized spacial score (nSPS) is 21.1. The molecule has 0 unspecified atom stereocenters. The van der Waals surface area contributed by atoms with Crippen LogP contribution in [0.2, 0.25) is 0 Å². The summed E-state index contributed by atoms with van der Waals surface area (Å²) in [5, 5.41) is 0. The van der Waals surface area contributed by atoms with Crippen molar-refractivity contribution in [1.29, 1.82) is 0 Å². The van der Waals surface area contributed by atoms with Gasteiger partial charge in [0.25, 0.3) is 5.91 Å². The van der Waals surface area contributed by atoms with Gasteiger partial charge in [-0.3, -0.25) is 4.79 Å². The summed E-state index contributed by atoms with van der Waals surface area (Å²) in [6.45, 7) is 4.88. The van der Waals surface area contributed by atoms with Gasteiger partial charge >= 0.3 is 0 Å². The zero-order valence-electron chi connectivity index (χ0n) is 10.0. The Morgan fingerprint density at radius 3 is 2.94 bits per heavy atom. The van der Waals surface area contributed by atoms with Crippen LogP contribution in [0.3, 0.4) is 0 Å². The van der Waals surface area contributed by atoms with Gasteiger partial charge in [0.1, 0.15) is 5.76 Å². The van der Waals surface area contributed by atoms with E-state index in [1.54, 1.807) is 6.07 Å². The van der Waals surface area contributed by atoms with Gasteiger partial charge in [0.05, 0.1) is 0 Å². The lowest BCUT2D eigenvalue weighted by atomic mass is 10.00. The molecule has 88 valence electrons. The molecule has 2 rings (SSSR count). The summed E-state index contributed by atoms with van der Waals surface area (Å²) in [5.41, 5.74) is 0. The zero-order chi connectivity index (χ0) is 11.5. The first-order valence-electron chi connectivity index (χ1n) is 6.09. The Morgan fingerprint density at radius 2 is 2.31 bits per heavy atom. The van der Waals surface area contributed by atoms with Crippen molar-refractivity contribution in [2.45, 2.75) is 45.6 Å². The van der Waals surface area contributed by atoms with Crippen molar-refractivity contribution in [1.82, 2.24) is 4.90 Å². The van der Waals surface area contributed by atoms with E-state index >= 15 is 0 Å². The Morgan fingerprint density at radius 1 is 1.50 bits per heavy atom. The molecule has 1 saturated heterocycles. The van der Waals surface area contributed by atoms with Gasteiger partial charge in [-0.05, 0) is 44.7 Å². The van der Waals surface area contributed by atoms with Crippen LogP contribution in [0.5, 0.6) is 0 Å². The monoisotopic (exact) mass is 221 g/mol. The highest BCUT2D eigenvalue weighted by Gasteiger charge is 2.27. The summed E-state index contributed by atoms with van der Waals surface area (Å²) in [7, 11) is 0. The highest BCUT2D eigenvalue weighted by atomic mass is 16.3. The van der Waals surface area contributed by atoms with Crippen LogP contribution in [0.25, 0.3) is 0 Å². The number of rotatable bonds is 2. The van der Waals surface area contributed by atoms with Gasteiger partial charge in [-0.2, -0.15) is 0 Å². The zero-order valence-corrected chi connectivity index (χ0v) is 10.0. The molecule has 1 aliphatic rings. The third kappa shape index (κ3) is 2.13. The maximum atomic E-state index is 12.2. The van der Waals surface area contributed by atoms with Gasteiger partial charge in [-0.1, -0.05) is 6.92 Å². The van der Waals surface area contributed by atoms with E-state index in [0.29, 0.717) is 11.8 Å². The lowest BCUT2D eigenvalue weighted by Gasteiger charge is -2.34. The van der Waals surface area contributed by atoms with Crippen LogP contribution in [0.1, 0.15) is 48.9 Å². The number of furan rings is 1. The molecule has 1 aliphatic heterocycles. The molecule has 3 heteroatoms. The summed E-state index contributed by atoms with van der Waals surface area (Å²) in [6, 6.07) is 4.02. The second-order valence-electron chi connectivity index (χ2n) is 4.47. The summed E-state index contributed by atoms with van der Waals surface area (Å²) in [4.78, 5) is 14.2. The summed E-state index contributed by atoms with van der Waals surface area (Å²) < 4.78 is 5.40. The fourth-order valence-electron chi connectivity index (χ4n) is 2.38. The number of piperidine rings is 1. The largest absolute Gasteiger partial charge is 0.456 e. The number of likely N-dealkylation sites (tertiary alicyclic amines) is 1. The van der Waals surface area contributed by atoms with Gasteiger partial charge in [0, 0.05) is 12.6 Å². The maximum Gasteiger partial charge on any atom is 0.289 e. The molecule has 0 saturated carbocycles. The minimum absolute atomic E-state index is 0.0552. The average Bonchev–Trinajstić information content (AvgIpc) is 2.75. The molecule has 1 atom stereocenters.